The first kappa shape index (κ1) is 15.6. The Labute approximate surface area is 114 Å². The maximum Gasteiger partial charge on any atom is 0.164 e. The Balaban J connectivity index is 2.52. The molecule has 0 aliphatic carbocycles. The van der Waals surface area contributed by atoms with Crippen LogP contribution in [0.1, 0.15) is 43.5 Å². The van der Waals surface area contributed by atoms with Gasteiger partial charge in [-0.15, -0.1) is 0 Å². The Morgan fingerprint density at radius 1 is 1.32 bits per heavy atom. The molecule has 0 amide bonds. The molecule has 0 saturated carbocycles. The van der Waals surface area contributed by atoms with Crippen LogP contribution in [-0.4, -0.2) is 30.3 Å². The number of hydrogen-bond donors (Lipinski definition) is 1. The van der Waals surface area contributed by atoms with Crippen LogP contribution in [0.4, 0.5) is 10.1 Å². The van der Waals surface area contributed by atoms with Crippen LogP contribution in [0, 0.1) is 5.82 Å². The van der Waals surface area contributed by atoms with Crippen LogP contribution >= 0.6 is 0 Å². The number of rotatable bonds is 8. The van der Waals surface area contributed by atoms with Gasteiger partial charge in [-0.3, -0.25) is 4.79 Å². The van der Waals surface area contributed by atoms with Crippen LogP contribution in [0.2, 0.25) is 0 Å². The molecule has 0 fully saturated rings. The van der Waals surface area contributed by atoms with Gasteiger partial charge in [-0.2, -0.15) is 0 Å². The van der Waals surface area contributed by atoms with Gasteiger partial charge in [-0.25, -0.2) is 4.39 Å². The third kappa shape index (κ3) is 4.99. The van der Waals surface area contributed by atoms with E-state index in [1.165, 1.54) is 18.2 Å². The number of anilines is 1. The maximum absolute atomic E-state index is 13.0. The summed E-state index contributed by atoms with van der Waals surface area (Å²) in [6.07, 6.45) is 2.74. The first-order chi connectivity index (χ1) is 9.08. The van der Waals surface area contributed by atoms with E-state index >= 15 is 0 Å². The van der Waals surface area contributed by atoms with Gasteiger partial charge in [0.25, 0.3) is 0 Å². The van der Waals surface area contributed by atoms with Crippen LogP contribution in [0.3, 0.4) is 0 Å². The average molecular weight is 266 g/mol. The number of carbonyl (C=O) groups is 1. The average Bonchev–Trinajstić information content (AvgIpc) is 2.41. The Bertz CT molecular complexity index is 421. The normalized spacial score (nSPS) is 10.9. The van der Waals surface area contributed by atoms with Crippen molar-refractivity contribution >= 4 is 11.5 Å². The van der Waals surface area contributed by atoms with Crippen LogP contribution in [0.25, 0.3) is 0 Å². The van der Waals surface area contributed by atoms with E-state index in [-0.39, 0.29) is 11.5 Å². The molecule has 1 rings (SSSR count). The summed E-state index contributed by atoms with van der Waals surface area (Å²) in [6.45, 7) is 6.95. The molecule has 0 heterocycles. The number of nitrogens with zero attached hydrogens (tertiary/aromatic N) is 1. The van der Waals surface area contributed by atoms with E-state index in [0.717, 1.165) is 32.5 Å². The number of Topliss-reactive ketones (excluding diaryl/α,β-unsaturated/α-hetero) is 1. The molecular formula is C15H23FN2O. The molecule has 1 aromatic rings. The third-order valence-corrected chi connectivity index (χ3v) is 3.25. The number of ketones is 1. The summed E-state index contributed by atoms with van der Waals surface area (Å²) < 4.78 is 13.0. The van der Waals surface area contributed by atoms with Gasteiger partial charge in [0, 0.05) is 18.5 Å². The Kier molecular flexibility index (Phi) is 6.50. The second-order valence-corrected chi connectivity index (χ2v) is 4.70. The summed E-state index contributed by atoms with van der Waals surface area (Å²) in [5.74, 6) is -0.462. The summed E-state index contributed by atoms with van der Waals surface area (Å²) in [5, 5.41) is 0. The molecule has 0 radical (unpaired) electrons. The van der Waals surface area contributed by atoms with Crippen molar-refractivity contribution in [1.29, 1.82) is 0 Å². The first-order valence-electron chi connectivity index (χ1n) is 6.89. The lowest BCUT2D eigenvalue weighted by Crippen LogP contribution is -2.27. The number of hydrogen-bond acceptors (Lipinski definition) is 3. The molecule has 0 aliphatic rings. The second kappa shape index (κ2) is 7.89. The highest BCUT2D eigenvalue weighted by molar-refractivity contribution is 5.96. The number of unbranched alkanes of at least 4 members (excludes halogenated alkanes) is 1. The molecule has 4 heteroatoms. The molecule has 0 bridgehead atoms. The molecule has 106 valence electrons. The van der Waals surface area contributed by atoms with E-state index in [9.17, 15) is 9.18 Å². The second-order valence-electron chi connectivity index (χ2n) is 4.70. The first-order valence-corrected chi connectivity index (χ1v) is 6.89. The van der Waals surface area contributed by atoms with Crippen LogP contribution in [0.5, 0.6) is 0 Å². The van der Waals surface area contributed by atoms with Crippen molar-refractivity contribution in [2.24, 2.45) is 0 Å². The predicted molar refractivity (Wildman–Crippen MR) is 76.8 cm³/mol. The Morgan fingerprint density at radius 2 is 2.05 bits per heavy atom. The lowest BCUT2D eigenvalue weighted by molar-refractivity contribution is 0.0965. The van der Waals surface area contributed by atoms with Crippen molar-refractivity contribution in [2.45, 2.75) is 33.1 Å². The number of benzene rings is 1. The van der Waals surface area contributed by atoms with Gasteiger partial charge >= 0.3 is 0 Å². The van der Waals surface area contributed by atoms with E-state index in [1.807, 2.05) is 0 Å². The third-order valence-electron chi connectivity index (χ3n) is 3.25. The minimum Gasteiger partial charge on any atom is -0.396 e. The molecule has 19 heavy (non-hydrogen) atoms. The van der Waals surface area contributed by atoms with Gasteiger partial charge in [0.2, 0.25) is 0 Å². The SMILES string of the molecule is CCCCN(CC)CCC(=O)c1ccc(F)c(N)c1. The van der Waals surface area contributed by atoms with Gasteiger partial charge in [0.1, 0.15) is 5.82 Å². The van der Waals surface area contributed by atoms with Crippen LogP contribution in [-0.2, 0) is 0 Å². The standard InChI is InChI=1S/C15H23FN2O/c1-3-5-9-18(4-2)10-8-15(19)12-6-7-13(16)14(17)11-12/h6-7,11H,3-5,8-10,17H2,1-2H3. The zero-order valence-corrected chi connectivity index (χ0v) is 11.8. The molecule has 0 saturated heterocycles. The lowest BCUT2D eigenvalue weighted by atomic mass is 10.1. The zero-order chi connectivity index (χ0) is 14.3. The monoisotopic (exact) mass is 266 g/mol. The highest BCUT2D eigenvalue weighted by Gasteiger charge is 2.10. The fourth-order valence-electron chi connectivity index (χ4n) is 1.93. The summed E-state index contributed by atoms with van der Waals surface area (Å²) in [5.41, 5.74) is 5.99. The largest absolute Gasteiger partial charge is 0.396 e. The molecule has 0 atom stereocenters. The van der Waals surface area contributed by atoms with Gasteiger partial charge in [-0.05, 0) is 37.7 Å². The molecular weight excluding hydrogens is 243 g/mol. The highest BCUT2D eigenvalue weighted by Crippen LogP contribution is 2.14. The van der Waals surface area contributed by atoms with E-state index in [0.29, 0.717) is 12.0 Å². The van der Waals surface area contributed by atoms with E-state index in [1.54, 1.807) is 0 Å². The maximum atomic E-state index is 13.0. The zero-order valence-electron chi connectivity index (χ0n) is 11.8. The molecule has 3 nitrogen and oxygen atoms in total. The van der Waals surface area contributed by atoms with Crippen molar-refractivity contribution in [3.63, 3.8) is 0 Å². The number of carbonyl (C=O) groups excluding carboxylic acids is 1. The highest BCUT2D eigenvalue weighted by atomic mass is 19.1. The molecule has 0 aliphatic heterocycles. The Hall–Kier alpha value is -1.42. The number of nitrogen functional groups attached to an aromatic ring is 1. The number of halogens is 1. The van der Waals surface area contributed by atoms with Gasteiger partial charge in [0.15, 0.2) is 5.78 Å². The van der Waals surface area contributed by atoms with Crippen molar-refractivity contribution in [1.82, 2.24) is 4.90 Å². The minimum absolute atomic E-state index is 0.0154. The van der Waals surface area contributed by atoms with Gasteiger partial charge in [0.05, 0.1) is 5.69 Å². The molecule has 0 unspecified atom stereocenters. The van der Waals surface area contributed by atoms with Gasteiger partial charge in [-0.1, -0.05) is 20.3 Å². The predicted octanol–water partition coefficient (Wildman–Crippen LogP) is 3.10. The lowest BCUT2D eigenvalue weighted by Gasteiger charge is -2.19. The molecule has 1 aromatic carbocycles. The van der Waals surface area contributed by atoms with E-state index < -0.39 is 5.82 Å². The number of nitrogens with two attached hydrogens (primary N) is 1. The minimum atomic E-state index is -0.477. The summed E-state index contributed by atoms with van der Waals surface area (Å²) in [7, 11) is 0. The van der Waals surface area contributed by atoms with Crippen molar-refractivity contribution in [3.8, 4) is 0 Å². The van der Waals surface area contributed by atoms with Crippen molar-refractivity contribution < 1.29 is 9.18 Å². The smallest absolute Gasteiger partial charge is 0.164 e. The molecule has 2 N–H and O–H groups in total. The van der Waals surface area contributed by atoms with Crippen molar-refractivity contribution in [3.05, 3.63) is 29.6 Å². The summed E-state index contributed by atoms with van der Waals surface area (Å²) in [6, 6.07) is 4.16. The molecule has 0 aromatic heterocycles. The fourth-order valence-corrected chi connectivity index (χ4v) is 1.93. The topological polar surface area (TPSA) is 46.3 Å². The fraction of sp³-hybridized carbons (Fsp3) is 0.533. The van der Waals surface area contributed by atoms with Gasteiger partial charge < -0.3 is 10.6 Å². The van der Waals surface area contributed by atoms with Crippen LogP contribution in [0.15, 0.2) is 18.2 Å². The van der Waals surface area contributed by atoms with E-state index in [2.05, 4.69) is 18.7 Å². The molecule has 0 spiro atoms. The summed E-state index contributed by atoms with van der Waals surface area (Å²) in [4.78, 5) is 14.3. The van der Waals surface area contributed by atoms with E-state index in [4.69, 9.17) is 5.73 Å². The Morgan fingerprint density at radius 3 is 2.63 bits per heavy atom. The van der Waals surface area contributed by atoms with Crippen LogP contribution < -0.4 is 5.73 Å². The summed E-state index contributed by atoms with van der Waals surface area (Å²) >= 11 is 0. The van der Waals surface area contributed by atoms with Crippen molar-refractivity contribution in [2.75, 3.05) is 25.4 Å². The quantitative estimate of drug-likeness (QED) is 0.581.